The number of aromatic nitrogens is 2. The van der Waals surface area contributed by atoms with Gasteiger partial charge in [-0.15, -0.1) is 0 Å². The van der Waals surface area contributed by atoms with Crippen LogP contribution < -0.4 is 16.6 Å². The summed E-state index contributed by atoms with van der Waals surface area (Å²) in [5, 5.41) is 13.8. The van der Waals surface area contributed by atoms with Crippen LogP contribution >= 0.6 is 22.6 Å². The van der Waals surface area contributed by atoms with E-state index in [-0.39, 0.29) is 17.5 Å². The lowest BCUT2D eigenvalue weighted by molar-refractivity contribution is -0.384. The Labute approximate surface area is 121 Å². The van der Waals surface area contributed by atoms with Crippen LogP contribution in [0.15, 0.2) is 30.5 Å². The van der Waals surface area contributed by atoms with Gasteiger partial charge in [-0.05, 0) is 46.9 Å². The number of nitrogens with one attached hydrogen (secondary N) is 2. The van der Waals surface area contributed by atoms with E-state index >= 15 is 0 Å². The van der Waals surface area contributed by atoms with Crippen LogP contribution in [-0.2, 0) is 0 Å². The monoisotopic (exact) mass is 372 g/mol. The van der Waals surface area contributed by atoms with Crippen molar-refractivity contribution in [2.24, 2.45) is 5.84 Å². The Bertz CT molecular complexity index is 603. The van der Waals surface area contributed by atoms with E-state index in [1.807, 2.05) is 12.1 Å². The van der Waals surface area contributed by atoms with Gasteiger partial charge in [0.1, 0.15) is 6.20 Å². The van der Waals surface area contributed by atoms with E-state index in [0.29, 0.717) is 5.69 Å². The minimum atomic E-state index is -0.560. The number of nitro groups is 1. The summed E-state index contributed by atoms with van der Waals surface area (Å²) < 4.78 is 1.06. The molecule has 0 spiro atoms. The first-order valence-corrected chi connectivity index (χ1v) is 6.18. The van der Waals surface area contributed by atoms with Gasteiger partial charge >= 0.3 is 5.69 Å². The summed E-state index contributed by atoms with van der Waals surface area (Å²) in [6, 6.07) is 7.34. The largest absolute Gasteiger partial charge is 0.334 e. The van der Waals surface area contributed by atoms with Crippen molar-refractivity contribution in [1.82, 2.24) is 9.97 Å². The molecule has 8 nitrogen and oxygen atoms in total. The number of nitrogen functional groups attached to an aromatic ring is 1. The number of hydrogen-bond acceptors (Lipinski definition) is 7. The van der Waals surface area contributed by atoms with E-state index in [1.54, 1.807) is 12.1 Å². The van der Waals surface area contributed by atoms with Gasteiger partial charge in [0.15, 0.2) is 0 Å². The van der Waals surface area contributed by atoms with Gasteiger partial charge in [0, 0.05) is 9.26 Å². The number of nitrogens with zero attached hydrogens (tertiary/aromatic N) is 3. The summed E-state index contributed by atoms with van der Waals surface area (Å²) in [6.07, 6.45) is 1.09. The highest BCUT2D eigenvalue weighted by atomic mass is 127. The Hall–Kier alpha value is -2.01. The summed E-state index contributed by atoms with van der Waals surface area (Å²) >= 11 is 2.17. The maximum atomic E-state index is 10.9. The molecule has 98 valence electrons. The van der Waals surface area contributed by atoms with E-state index < -0.39 is 4.92 Å². The minimum Gasteiger partial charge on any atom is -0.334 e. The molecule has 0 saturated heterocycles. The predicted octanol–water partition coefficient (Wildman–Crippen LogP) is 2.02. The molecule has 4 N–H and O–H groups in total. The van der Waals surface area contributed by atoms with Crippen molar-refractivity contribution in [2.75, 3.05) is 10.7 Å². The lowest BCUT2D eigenvalue weighted by Crippen LogP contribution is -2.12. The van der Waals surface area contributed by atoms with Gasteiger partial charge in [0.05, 0.1) is 4.92 Å². The molecule has 0 aliphatic rings. The zero-order valence-electron chi connectivity index (χ0n) is 9.50. The molecular weight excluding hydrogens is 363 g/mol. The molecule has 1 aromatic heterocycles. The van der Waals surface area contributed by atoms with Gasteiger partial charge in [0.2, 0.25) is 11.8 Å². The zero-order chi connectivity index (χ0) is 13.8. The molecule has 0 radical (unpaired) electrons. The van der Waals surface area contributed by atoms with Crippen LogP contribution in [-0.4, -0.2) is 14.9 Å². The van der Waals surface area contributed by atoms with E-state index in [2.05, 4.69) is 43.3 Å². The fourth-order valence-electron chi connectivity index (χ4n) is 1.34. The van der Waals surface area contributed by atoms with Crippen molar-refractivity contribution in [2.45, 2.75) is 0 Å². The molecule has 0 aliphatic heterocycles. The molecule has 0 unspecified atom stereocenters. The summed E-state index contributed by atoms with van der Waals surface area (Å²) in [5.74, 6) is 5.36. The van der Waals surface area contributed by atoms with Crippen LogP contribution in [0, 0.1) is 13.7 Å². The number of halogens is 1. The van der Waals surface area contributed by atoms with Crippen LogP contribution in [0.25, 0.3) is 0 Å². The Morgan fingerprint density at radius 2 is 2.00 bits per heavy atom. The summed E-state index contributed by atoms with van der Waals surface area (Å²) in [5.41, 5.74) is 2.70. The predicted molar refractivity (Wildman–Crippen MR) is 78.9 cm³/mol. The Balaban J connectivity index is 2.36. The first-order chi connectivity index (χ1) is 9.10. The van der Waals surface area contributed by atoms with Gasteiger partial charge < -0.3 is 5.32 Å². The van der Waals surface area contributed by atoms with Crippen LogP contribution in [0.2, 0.25) is 0 Å². The SMILES string of the molecule is NNc1ncc([N+](=O)[O-])c(Nc2ccc(I)cc2)n1. The number of hydrogen-bond donors (Lipinski definition) is 3. The second kappa shape index (κ2) is 5.75. The average Bonchev–Trinajstić information content (AvgIpc) is 2.41. The Kier molecular flexibility index (Phi) is 4.06. The van der Waals surface area contributed by atoms with E-state index in [0.717, 1.165) is 9.77 Å². The molecule has 0 fully saturated rings. The van der Waals surface area contributed by atoms with Crippen molar-refractivity contribution in [3.63, 3.8) is 0 Å². The zero-order valence-corrected chi connectivity index (χ0v) is 11.7. The van der Waals surface area contributed by atoms with Gasteiger partial charge in [-0.1, -0.05) is 0 Å². The minimum absolute atomic E-state index is 0.0779. The van der Waals surface area contributed by atoms with Crippen molar-refractivity contribution in [1.29, 1.82) is 0 Å². The molecule has 9 heteroatoms. The third kappa shape index (κ3) is 3.26. The number of rotatable bonds is 4. The molecule has 2 rings (SSSR count). The molecule has 0 atom stereocenters. The molecule has 1 heterocycles. The number of anilines is 3. The van der Waals surface area contributed by atoms with Gasteiger partial charge in [-0.25, -0.2) is 10.8 Å². The number of benzene rings is 1. The third-order valence-electron chi connectivity index (χ3n) is 2.20. The van der Waals surface area contributed by atoms with E-state index in [1.165, 1.54) is 0 Å². The Morgan fingerprint density at radius 3 is 2.58 bits per heavy atom. The third-order valence-corrected chi connectivity index (χ3v) is 2.92. The lowest BCUT2D eigenvalue weighted by atomic mass is 10.3. The molecule has 0 amide bonds. The van der Waals surface area contributed by atoms with E-state index in [9.17, 15) is 10.1 Å². The van der Waals surface area contributed by atoms with Gasteiger partial charge in [-0.3, -0.25) is 15.5 Å². The standard InChI is InChI=1S/C10H9IN6O2/c11-6-1-3-7(4-2-6)14-9-8(17(18)19)5-13-10(15-9)16-12/h1-5H,12H2,(H2,13,14,15,16). The van der Waals surface area contributed by atoms with Crippen LogP contribution in [0.5, 0.6) is 0 Å². The maximum Gasteiger partial charge on any atom is 0.329 e. The second-order valence-electron chi connectivity index (χ2n) is 3.46. The quantitative estimate of drug-likeness (QED) is 0.325. The molecular formula is C10H9IN6O2. The van der Waals surface area contributed by atoms with Crippen LogP contribution in [0.4, 0.5) is 23.1 Å². The first kappa shape index (κ1) is 13.4. The van der Waals surface area contributed by atoms with Crippen molar-refractivity contribution >= 4 is 45.7 Å². The fourth-order valence-corrected chi connectivity index (χ4v) is 1.70. The topological polar surface area (TPSA) is 119 Å². The van der Waals surface area contributed by atoms with Crippen molar-refractivity contribution in [3.05, 3.63) is 44.1 Å². The van der Waals surface area contributed by atoms with Crippen LogP contribution in [0.1, 0.15) is 0 Å². The summed E-state index contributed by atoms with van der Waals surface area (Å²) in [6.45, 7) is 0. The van der Waals surface area contributed by atoms with Gasteiger partial charge in [-0.2, -0.15) is 4.98 Å². The Morgan fingerprint density at radius 1 is 1.32 bits per heavy atom. The second-order valence-corrected chi connectivity index (χ2v) is 4.71. The summed E-state index contributed by atoms with van der Waals surface area (Å²) in [7, 11) is 0. The normalized spacial score (nSPS) is 10.0. The van der Waals surface area contributed by atoms with Gasteiger partial charge in [0.25, 0.3) is 0 Å². The lowest BCUT2D eigenvalue weighted by Gasteiger charge is -2.07. The molecule has 0 bridgehead atoms. The molecule has 0 aliphatic carbocycles. The highest BCUT2D eigenvalue weighted by Gasteiger charge is 2.17. The van der Waals surface area contributed by atoms with Crippen LogP contribution in [0.3, 0.4) is 0 Å². The highest BCUT2D eigenvalue weighted by molar-refractivity contribution is 14.1. The molecule has 19 heavy (non-hydrogen) atoms. The molecule has 0 saturated carbocycles. The number of hydrazine groups is 1. The molecule has 2 aromatic rings. The summed E-state index contributed by atoms with van der Waals surface area (Å²) in [4.78, 5) is 18.0. The first-order valence-electron chi connectivity index (χ1n) is 5.11. The number of nitrogens with two attached hydrogens (primary N) is 1. The highest BCUT2D eigenvalue weighted by Crippen LogP contribution is 2.25. The molecule has 1 aromatic carbocycles. The van der Waals surface area contributed by atoms with E-state index in [4.69, 9.17) is 5.84 Å². The fraction of sp³-hybridized carbons (Fsp3) is 0. The van der Waals surface area contributed by atoms with Crippen molar-refractivity contribution in [3.8, 4) is 0 Å². The maximum absolute atomic E-state index is 10.9. The smallest absolute Gasteiger partial charge is 0.329 e. The average molecular weight is 372 g/mol. The van der Waals surface area contributed by atoms with Crippen molar-refractivity contribution < 1.29 is 4.92 Å².